The molecule has 0 aliphatic heterocycles. The topological polar surface area (TPSA) is 37.5 Å². The molecule has 0 aliphatic carbocycles. The number of rotatable bonds is 2. The third-order valence-electron chi connectivity index (χ3n) is 2.83. The lowest BCUT2D eigenvalue weighted by atomic mass is 10.2. The number of hydrogen-bond acceptors (Lipinski definition) is 2. The Morgan fingerprint density at radius 2 is 1.83 bits per heavy atom. The Balaban J connectivity index is 2.10. The van der Waals surface area contributed by atoms with Gasteiger partial charge in [-0.05, 0) is 35.9 Å². The summed E-state index contributed by atoms with van der Waals surface area (Å²) in [7, 11) is 0. The second kappa shape index (κ2) is 4.23. The molecule has 1 aromatic carbocycles. The largest absolute Gasteiger partial charge is 0.392 e. The second-order valence-electron chi connectivity index (χ2n) is 4.09. The molecular formula is C14H11FN2O. The number of aliphatic hydroxyl groups excluding tert-OH is 1. The van der Waals surface area contributed by atoms with E-state index in [1.165, 1.54) is 12.1 Å². The van der Waals surface area contributed by atoms with Crippen LogP contribution in [0.4, 0.5) is 4.39 Å². The van der Waals surface area contributed by atoms with E-state index < -0.39 is 0 Å². The van der Waals surface area contributed by atoms with Gasteiger partial charge in [-0.25, -0.2) is 9.37 Å². The fraction of sp³-hybridized carbons (Fsp3) is 0.0714. The van der Waals surface area contributed by atoms with Gasteiger partial charge in [-0.1, -0.05) is 6.07 Å². The van der Waals surface area contributed by atoms with Crippen molar-refractivity contribution in [3.63, 3.8) is 0 Å². The van der Waals surface area contributed by atoms with Gasteiger partial charge in [0.15, 0.2) is 0 Å². The normalized spacial score (nSPS) is 11.0. The third kappa shape index (κ3) is 1.87. The van der Waals surface area contributed by atoms with E-state index in [0.717, 1.165) is 22.5 Å². The van der Waals surface area contributed by atoms with Crippen molar-refractivity contribution >= 4 is 5.65 Å². The van der Waals surface area contributed by atoms with Crippen LogP contribution >= 0.6 is 0 Å². The quantitative estimate of drug-likeness (QED) is 0.750. The molecule has 0 saturated carbocycles. The van der Waals surface area contributed by atoms with Gasteiger partial charge in [-0.15, -0.1) is 0 Å². The molecule has 0 unspecified atom stereocenters. The van der Waals surface area contributed by atoms with Gasteiger partial charge in [0, 0.05) is 18.0 Å². The summed E-state index contributed by atoms with van der Waals surface area (Å²) in [4.78, 5) is 4.45. The fourth-order valence-corrected chi connectivity index (χ4v) is 1.89. The van der Waals surface area contributed by atoms with Crippen LogP contribution in [-0.4, -0.2) is 14.5 Å². The summed E-state index contributed by atoms with van der Waals surface area (Å²) in [5.41, 5.74) is 3.27. The highest BCUT2D eigenvalue weighted by atomic mass is 19.1. The summed E-state index contributed by atoms with van der Waals surface area (Å²) in [5, 5.41) is 9.08. The van der Waals surface area contributed by atoms with Gasteiger partial charge in [-0.3, -0.25) is 0 Å². The summed E-state index contributed by atoms with van der Waals surface area (Å²) in [5.74, 6) is -0.259. The van der Waals surface area contributed by atoms with Crippen LogP contribution in [0.1, 0.15) is 5.56 Å². The molecule has 2 aromatic heterocycles. The summed E-state index contributed by atoms with van der Waals surface area (Å²) < 4.78 is 14.7. The Labute approximate surface area is 103 Å². The molecule has 3 rings (SSSR count). The van der Waals surface area contributed by atoms with Crippen molar-refractivity contribution in [2.75, 3.05) is 0 Å². The second-order valence-corrected chi connectivity index (χ2v) is 4.09. The van der Waals surface area contributed by atoms with E-state index in [-0.39, 0.29) is 12.4 Å². The summed E-state index contributed by atoms with van der Waals surface area (Å²) in [6, 6.07) is 9.90. The first-order chi connectivity index (χ1) is 8.76. The maximum atomic E-state index is 12.9. The van der Waals surface area contributed by atoms with Crippen molar-refractivity contribution in [1.29, 1.82) is 0 Å². The highest BCUT2D eigenvalue weighted by Gasteiger charge is 2.04. The van der Waals surface area contributed by atoms with Crippen molar-refractivity contribution in [2.45, 2.75) is 6.61 Å². The van der Waals surface area contributed by atoms with E-state index in [9.17, 15) is 4.39 Å². The van der Waals surface area contributed by atoms with Gasteiger partial charge >= 0.3 is 0 Å². The number of fused-ring (bicyclic) bond motifs is 1. The van der Waals surface area contributed by atoms with E-state index in [2.05, 4.69) is 4.98 Å². The molecule has 18 heavy (non-hydrogen) atoms. The predicted octanol–water partition coefficient (Wildman–Crippen LogP) is 2.63. The summed E-state index contributed by atoms with van der Waals surface area (Å²) in [6.45, 7) is 0.00000154. The molecule has 3 aromatic rings. The third-order valence-corrected chi connectivity index (χ3v) is 2.83. The van der Waals surface area contributed by atoms with Crippen LogP contribution < -0.4 is 0 Å². The molecule has 0 spiro atoms. The molecule has 0 bridgehead atoms. The molecule has 0 amide bonds. The number of imidazole rings is 1. The van der Waals surface area contributed by atoms with Crippen molar-refractivity contribution in [2.24, 2.45) is 0 Å². The van der Waals surface area contributed by atoms with E-state index in [1.807, 2.05) is 28.9 Å². The summed E-state index contributed by atoms with van der Waals surface area (Å²) >= 11 is 0. The van der Waals surface area contributed by atoms with Crippen molar-refractivity contribution < 1.29 is 9.50 Å². The number of hydrogen-bond donors (Lipinski definition) is 1. The molecule has 0 radical (unpaired) electrons. The zero-order valence-corrected chi connectivity index (χ0v) is 9.55. The zero-order chi connectivity index (χ0) is 12.5. The van der Waals surface area contributed by atoms with Gasteiger partial charge in [0.2, 0.25) is 0 Å². The molecule has 3 nitrogen and oxygen atoms in total. The first-order valence-electron chi connectivity index (χ1n) is 5.61. The van der Waals surface area contributed by atoms with Crippen LogP contribution in [0.2, 0.25) is 0 Å². The highest BCUT2D eigenvalue weighted by molar-refractivity contribution is 5.62. The lowest BCUT2D eigenvalue weighted by molar-refractivity contribution is 0.281. The molecule has 0 saturated heterocycles. The maximum absolute atomic E-state index is 12.9. The molecule has 4 heteroatoms. The van der Waals surface area contributed by atoms with Gasteiger partial charge in [0.1, 0.15) is 11.5 Å². The monoisotopic (exact) mass is 242 g/mol. The number of nitrogens with zero attached hydrogens (tertiary/aromatic N) is 2. The smallest absolute Gasteiger partial charge is 0.137 e. The number of aromatic nitrogens is 2. The Kier molecular flexibility index (Phi) is 2.57. The Morgan fingerprint density at radius 3 is 2.56 bits per heavy atom. The van der Waals surface area contributed by atoms with E-state index >= 15 is 0 Å². The van der Waals surface area contributed by atoms with Crippen molar-refractivity contribution in [3.05, 3.63) is 60.2 Å². The maximum Gasteiger partial charge on any atom is 0.137 e. The molecule has 90 valence electrons. The number of aliphatic hydroxyl groups is 1. The molecular weight excluding hydrogens is 231 g/mol. The zero-order valence-electron chi connectivity index (χ0n) is 9.55. The SMILES string of the molecule is OCc1ccc2nc(-c3ccc(F)cc3)cn2c1. The molecule has 0 aliphatic rings. The van der Waals surface area contributed by atoms with E-state index in [1.54, 1.807) is 12.1 Å². The lowest BCUT2D eigenvalue weighted by Crippen LogP contribution is -1.88. The van der Waals surface area contributed by atoms with Crippen LogP contribution in [0.5, 0.6) is 0 Å². The minimum Gasteiger partial charge on any atom is -0.392 e. The number of benzene rings is 1. The average molecular weight is 242 g/mol. The van der Waals surface area contributed by atoms with Gasteiger partial charge in [-0.2, -0.15) is 0 Å². The first-order valence-corrected chi connectivity index (χ1v) is 5.61. The van der Waals surface area contributed by atoms with Crippen LogP contribution in [0.3, 0.4) is 0 Å². The minimum atomic E-state index is -0.259. The van der Waals surface area contributed by atoms with Crippen LogP contribution in [0.25, 0.3) is 16.9 Å². The summed E-state index contributed by atoms with van der Waals surface area (Å²) in [6.07, 6.45) is 3.69. The Hall–Kier alpha value is -2.20. The Bertz CT molecular complexity index is 689. The lowest BCUT2D eigenvalue weighted by Gasteiger charge is -1.96. The average Bonchev–Trinajstić information content (AvgIpc) is 2.82. The fourth-order valence-electron chi connectivity index (χ4n) is 1.89. The van der Waals surface area contributed by atoms with E-state index in [4.69, 9.17) is 5.11 Å². The molecule has 0 fully saturated rings. The molecule has 1 N–H and O–H groups in total. The van der Waals surface area contributed by atoms with E-state index in [0.29, 0.717) is 0 Å². The van der Waals surface area contributed by atoms with Crippen LogP contribution in [-0.2, 0) is 6.61 Å². The van der Waals surface area contributed by atoms with Gasteiger partial charge in [0.25, 0.3) is 0 Å². The Morgan fingerprint density at radius 1 is 1.06 bits per heavy atom. The van der Waals surface area contributed by atoms with Crippen LogP contribution in [0.15, 0.2) is 48.8 Å². The van der Waals surface area contributed by atoms with Gasteiger partial charge < -0.3 is 9.51 Å². The van der Waals surface area contributed by atoms with Crippen LogP contribution in [0, 0.1) is 5.82 Å². The molecule has 0 atom stereocenters. The van der Waals surface area contributed by atoms with Gasteiger partial charge in [0.05, 0.1) is 12.3 Å². The number of halogens is 1. The minimum absolute atomic E-state index is 0.00000154. The molecule has 2 heterocycles. The highest BCUT2D eigenvalue weighted by Crippen LogP contribution is 2.19. The number of pyridine rings is 1. The van der Waals surface area contributed by atoms with Crippen molar-refractivity contribution in [3.8, 4) is 11.3 Å². The van der Waals surface area contributed by atoms with Crippen molar-refractivity contribution in [1.82, 2.24) is 9.38 Å². The first kappa shape index (κ1) is 10.9. The standard InChI is InChI=1S/C14H11FN2O/c15-12-4-2-11(3-5-12)13-8-17-7-10(9-18)1-6-14(17)16-13/h1-8,18H,9H2. The predicted molar refractivity (Wildman–Crippen MR) is 66.5 cm³/mol.